The number of hydrogen-bond donors (Lipinski definition) is 0. The second-order valence-electron chi connectivity index (χ2n) is 2.69. The molecule has 90 valence electrons. The van der Waals surface area contributed by atoms with Crippen molar-refractivity contribution in [2.75, 3.05) is 0 Å². The second kappa shape index (κ2) is 4.25. The predicted octanol–water partition coefficient (Wildman–Crippen LogP) is 4.53. The van der Waals surface area contributed by atoms with Crippen LogP contribution in [0.2, 0.25) is 10.0 Å². The standard InChI is InChI=1S/C8H3Cl2F5O/c9-5-2-1-4(3-6(5)10)16-8(14,15)7(11,12)13/h1-3H. The van der Waals surface area contributed by atoms with E-state index in [-0.39, 0.29) is 10.0 Å². The molecule has 1 rings (SSSR count). The van der Waals surface area contributed by atoms with Crippen LogP contribution in [0, 0.1) is 0 Å². The van der Waals surface area contributed by atoms with Gasteiger partial charge in [0.05, 0.1) is 10.0 Å². The lowest BCUT2D eigenvalue weighted by Gasteiger charge is -2.20. The summed E-state index contributed by atoms with van der Waals surface area (Å²) < 4.78 is 63.6. The number of hydrogen-bond acceptors (Lipinski definition) is 1. The van der Waals surface area contributed by atoms with Gasteiger partial charge < -0.3 is 4.74 Å². The lowest BCUT2D eigenvalue weighted by atomic mass is 10.3. The Morgan fingerprint density at radius 3 is 1.94 bits per heavy atom. The molecule has 1 nitrogen and oxygen atoms in total. The van der Waals surface area contributed by atoms with E-state index in [1.54, 1.807) is 0 Å². The molecule has 1 aromatic carbocycles. The number of benzene rings is 1. The van der Waals surface area contributed by atoms with Crippen molar-refractivity contribution >= 4 is 23.2 Å². The molecule has 0 amide bonds. The summed E-state index contributed by atoms with van der Waals surface area (Å²) in [6.45, 7) is 0. The van der Waals surface area contributed by atoms with Crippen LogP contribution >= 0.6 is 23.2 Å². The zero-order valence-corrected chi connectivity index (χ0v) is 8.80. The monoisotopic (exact) mass is 280 g/mol. The number of halogens is 7. The van der Waals surface area contributed by atoms with Gasteiger partial charge in [-0.2, -0.15) is 22.0 Å². The van der Waals surface area contributed by atoms with Crippen molar-refractivity contribution in [2.24, 2.45) is 0 Å². The molecule has 16 heavy (non-hydrogen) atoms. The van der Waals surface area contributed by atoms with Gasteiger partial charge in [0.15, 0.2) is 0 Å². The molecule has 0 radical (unpaired) electrons. The van der Waals surface area contributed by atoms with Crippen LogP contribution in [0.15, 0.2) is 18.2 Å². The molecule has 0 N–H and O–H groups in total. The van der Waals surface area contributed by atoms with Crippen molar-refractivity contribution in [3.05, 3.63) is 28.2 Å². The fourth-order valence-electron chi connectivity index (χ4n) is 0.746. The van der Waals surface area contributed by atoms with E-state index in [2.05, 4.69) is 4.74 Å². The average molecular weight is 281 g/mol. The van der Waals surface area contributed by atoms with E-state index >= 15 is 0 Å². The highest BCUT2D eigenvalue weighted by atomic mass is 35.5. The summed E-state index contributed by atoms with van der Waals surface area (Å²) in [6, 6.07) is 2.67. The quantitative estimate of drug-likeness (QED) is 0.724. The molecule has 8 heteroatoms. The zero-order valence-electron chi connectivity index (χ0n) is 7.29. The molecular weight excluding hydrogens is 278 g/mol. The summed E-state index contributed by atoms with van der Waals surface area (Å²) in [5.41, 5.74) is 0. The van der Waals surface area contributed by atoms with Crippen LogP contribution in [-0.2, 0) is 0 Å². The highest BCUT2D eigenvalue weighted by Gasteiger charge is 2.61. The van der Waals surface area contributed by atoms with E-state index in [0.717, 1.165) is 18.2 Å². The first-order valence-corrected chi connectivity index (χ1v) is 4.48. The van der Waals surface area contributed by atoms with Crippen molar-refractivity contribution < 1.29 is 26.7 Å². The molecule has 0 bridgehead atoms. The van der Waals surface area contributed by atoms with Gasteiger partial charge in [-0.1, -0.05) is 23.2 Å². The molecule has 0 aliphatic heterocycles. The Balaban J connectivity index is 2.93. The van der Waals surface area contributed by atoms with Gasteiger partial charge in [-0.25, -0.2) is 0 Å². The van der Waals surface area contributed by atoms with Crippen LogP contribution in [-0.4, -0.2) is 12.3 Å². The van der Waals surface area contributed by atoms with Crippen LogP contribution in [0.1, 0.15) is 0 Å². The Morgan fingerprint density at radius 2 is 1.50 bits per heavy atom. The highest BCUT2D eigenvalue weighted by Crippen LogP contribution is 2.38. The molecular formula is C8H3Cl2F5O. The Bertz CT molecular complexity index is 391. The highest BCUT2D eigenvalue weighted by molar-refractivity contribution is 6.42. The summed E-state index contributed by atoms with van der Waals surface area (Å²) in [5, 5.41) is -0.165. The van der Waals surface area contributed by atoms with Crippen molar-refractivity contribution in [3.63, 3.8) is 0 Å². The minimum atomic E-state index is -5.79. The van der Waals surface area contributed by atoms with Crippen molar-refractivity contribution in [1.82, 2.24) is 0 Å². The summed E-state index contributed by atoms with van der Waals surface area (Å²) >= 11 is 10.9. The van der Waals surface area contributed by atoms with Gasteiger partial charge in [-0.3, -0.25) is 0 Å². The van der Waals surface area contributed by atoms with Crippen molar-refractivity contribution in [2.45, 2.75) is 12.3 Å². The molecule has 0 saturated carbocycles. The molecule has 0 saturated heterocycles. The van der Waals surface area contributed by atoms with Gasteiger partial charge >= 0.3 is 12.3 Å². The summed E-state index contributed by atoms with van der Waals surface area (Å²) in [4.78, 5) is 0. The number of alkyl halides is 5. The maximum atomic E-state index is 12.4. The fourth-order valence-corrected chi connectivity index (χ4v) is 1.03. The van der Waals surface area contributed by atoms with E-state index in [9.17, 15) is 22.0 Å². The Kier molecular flexibility index (Phi) is 3.54. The minimum Gasteiger partial charge on any atom is -0.426 e. The van der Waals surface area contributed by atoms with Gasteiger partial charge in [0.1, 0.15) is 5.75 Å². The Morgan fingerprint density at radius 1 is 0.938 bits per heavy atom. The third-order valence-corrected chi connectivity index (χ3v) is 2.21. The molecule has 0 aliphatic carbocycles. The van der Waals surface area contributed by atoms with Crippen LogP contribution in [0.4, 0.5) is 22.0 Å². The smallest absolute Gasteiger partial charge is 0.426 e. The molecule has 0 spiro atoms. The van der Waals surface area contributed by atoms with E-state index in [0.29, 0.717) is 0 Å². The van der Waals surface area contributed by atoms with Crippen molar-refractivity contribution in [3.8, 4) is 5.75 Å². The Labute approximate surface area is 96.7 Å². The number of ether oxygens (including phenoxy) is 1. The van der Waals surface area contributed by atoms with E-state index < -0.39 is 18.0 Å². The number of rotatable bonds is 2. The van der Waals surface area contributed by atoms with E-state index in [4.69, 9.17) is 23.2 Å². The van der Waals surface area contributed by atoms with Gasteiger partial charge in [0.2, 0.25) is 0 Å². The second-order valence-corrected chi connectivity index (χ2v) is 3.51. The van der Waals surface area contributed by atoms with E-state index in [1.165, 1.54) is 0 Å². The first kappa shape index (κ1) is 13.3. The van der Waals surface area contributed by atoms with Gasteiger partial charge in [0, 0.05) is 6.07 Å². The van der Waals surface area contributed by atoms with Gasteiger partial charge in [-0.05, 0) is 12.1 Å². The largest absolute Gasteiger partial charge is 0.499 e. The van der Waals surface area contributed by atoms with Crippen molar-refractivity contribution in [1.29, 1.82) is 0 Å². The molecule has 0 aliphatic rings. The predicted molar refractivity (Wildman–Crippen MR) is 48.1 cm³/mol. The lowest BCUT2D eigenvalue weighted by molar-refractivity contribution is -0.360. The minimum absolute atomic E-state index is 0.0179. The third-order valence-electron chi connectivity index (χ3n) is 1.47. The fraction of sp³-hybridized carbons (Fsp3) is 0.250. The first-order chi connectivity index (χ1) is 7.13. The molecule has 0 heterocycles. The Hall–Kier alpha value is -0.750. The average Bonchev–Trinajstić information content (AvgIpc) is 2.09. The van der Waals surface area contributed by atoms with Gasteiger partial charge in [-0.15, -0.1) is 0 Å². The zero-order chi connectivity index (χ0) is 12.6. The summed E-state index contributed by atoms with van der Waals surface area (Å²) in [7, 11) is 0. The van der Waals surface area contributed by atoms with Crippen LogP contribution in [0.25, 0.3) is 0 Å². The van der Waals surface area contributed by atoms with E-state index in [1.807, 2.05) is 0 Å². The summed E-state index contributed by atoms with van der Waals surface area (Å²) in [5.74, 6) is -0.725. The normalized spacial score (nSPS) is 12.7. The van der Waals surface area contributed by atoms with Crippen LogP contribution in [0.5, 0.6) is 5.75 Å². The summed E-state index contributed by atoms with van der Waals surface area (Å²) in [6.07, 6.45) is -11.1. The van der Waals surface area contributed by atoms with Gasteiger partial charge in [0.25, 0.3) is 0 Å². The maximum absolute atomic E-state index is 12.4. The molecule has 0 aromatic heterocycles. The SMILES string of the molecule is FC(F)(F)C(F)(F)Oc1ccc(Cl)c(Cl)c1. The van der Waals surface area contributed by atoms with Crippen LogP contribution < -0.4 is 4.74 Å². The lowest BCUT2D eigenvalue weighted by Crippen LogP contribution is -2.41. The van der Waals surface area contributed by atoms with Crippen LogP contribution in [0.3, 0.4) is 0 Å². The molecule has 1 aromatic rings. The maximum Gasteiger partial charge on any atom is 0.499 e. The topological polar surface area (TPSA) is 9.23 Å². The molecule has 0 atom stereocenters. The first-order valence-electron chi connectivity index (χ1n) is 3.72. The third kappa shape index (κ3) is 2.89. The molecule has 0 fully saturated rings. The molecule has 0 unspecified atom stereocenters.